The molecule has 0 saturated carbocycles. The molecule has 0 spiro atoms. The molecule has 0 bridgehead atoms. The number of anilines is 1. The van der Waals surface area contributed by atoms with Crippen molar-refractivity contribution in [3.05, 3.63) is 53.6 Å². The summed E-state index contributed by atoms with van der Waals surface area (Å²) in [6, 6.07) is 14.6. The van der Waals surface area contributed by atoms with Crippen molar-refractivity contribution in [2.75, 3.05) is 12.8 Å². The summed E-state index contributed by atoms with van der Waals surface area (Å²) in [5, 5.41) is 1.94. The summed E-state index contributed by atoms with van der Waals surface area (Å²) < 4.78 is 0. The molecule has 2 aromatic carbocycles. The molecule has 20 heavy (non-hydrogen) atoms. The Hall–Kier alpha value is -1.92. The number of nitrogens with zero attached hydrogens (tertiary/aromatic N) is 1. The lowest BCUT2D eigenvalue weighted by Gasteiger charge is -2.20. The number of aryl methyl sites for hydroxylation is 1. The van der Waals surface area contributed by atoms with Crippen LogP contribution in [0.4, 0.5) is 5.69 Å². The zero-order chi connectivity index (χ0) is 14.1. The Morgan fingerprint density at radius 2 is 1.75 bits per heavy atom. The number of hydrogen-bond donors (Lipinski definition) is 4. The predicted octanol–water partition coefficient (Wildman–Crippen LogP) is 1.70. The Bertz CT molecular complexity index is 608. The number of hydrogen-bond acceptors (Lipinski definition) is 5. The van der Waals surface area contributed by atoms with E-state index in [1.54, 1.807) is 0 Å². The minimum atomic E-state index is 0.000369. The lowest BCUT2D eigenvalue weighted by Crippen LogP contribution is -2.34. The van der Waals surface area contributed by atoms with Crippen molar-refractivity contribution in [3.63, 3.8) is 0 Å². The van der Waals surface area contributed by atoms with Crippen molar-refractivity contribution >= 4 is 5.69 Å². The second kappa shape index (κ2) is 5.22. The van der Waals surface area contributed by atoms with Crippen LogP contribution in [0.3, 0.4) is 0 Å². The van der Waals surface area contributed by atoms with Crippen LogP contribution in [-0.2, 0) is 0 Å². The molecule has 2 aromatic rings. The molecule has 1 saturated heterocycles. The largest absolute Gasteiger partial charge is 0.398 e. The minimum absolute atomic E-state index is 0.000369. The first-order valence-electron chi connectivity index (χ1n) is 6.60. The molecule has 5 N–H and O–H groups in total. The number of nitrogen functional groups attached to an aromatic ring is 1. The lowest BCUT2D eigenvalue weighted by atomic mass is 10.00. The average molecular weight is 269 g/mol. The predicted molar refractivity (Wildman–Crippen MR) is 80.9 cm³/mol. The van der Waals surface area contributed by atoms with Crippen molar-refractivity contribution < 1.29 is 0 Å². The van der Waals surface area contributed by atoms with E-state index < -0.39 is 0 Å². The van der Waals surface area contributed by atoms with Crippen LogP contribution >= 0.6 is 0 Å². The average Bonchev–Trinajstić information content (AvgIpc) is 2.87. The van der Waals surface area contributed by atoms with Gasteiger partial charge in [0.25, 0.3) is 0 Å². The van der Waals surface area contributed by atoms with Crippen LogP contribution in [-0.4, -0.2) is 12.1 Å². The second-order valence-corrected chi connectivity index (χ2v) is 5.10. The highest BCUT2D eigenvalue weighted by Crippen LogP contribution is 2.29. The fraction of sp³-hybridized carbons (Fsp3) is 0.200. The first-order valence-corrected chi connectivity index (χ1v) is 6.60. The van der Waals surface area contributed by atoms with Gasteiger partial charge in [0.2, 0.25) is 0 Å². The molecule has 1 heterocycles. The van der Waals surface area contributed by atoms with Gasteiger partial charge >= 0.3 is 0 Å². The molecule has 1 aliphatic heterocycles. The summed E-state index contributed by atoms with van der Waals surface area (Å²) in [6.07, 6.45) is 0.000369. The van der Waals surface area contributed by atoms with Crippen LogP contribution in [0.5, 0.6) is 0 Å². The van der Waals surface area contributed by atoms with Crippen molar-refractivity contribution in [1.82, 2.24) is 21.5 Å². The molecule has 1 atom stereocenters. The van der Waals surface area contributed by atoms with Gasteiger partial charge in [-0.05, 0) is 30.2 Å². The van der Waals surface area contributed by atoms with Crippen LogP contribution in [0, 0.1) is 6.92 Å². The number of benzene rings is 2. The van der Waals surface area contributed by atoms with Crippen molar-refractivity contribution in [2.24, 2.45) is 0 Å². The van der Waals surface area contributed by atoms with Crippen LogP contribution in [0.15, 0.2) is 42.5 Å². The molecule has 1 unspecified atom stereocenters. The van der Waals surface area contributed by atoms with Gasteiger partial charge in [0.15, 0.2) is 0 Å². The summed E-state index contributed by atoms with van der Waals surface area (Å²) in [6.45, 7) is 2.09. The maximum Gasteiger partial charge on any atom is 0.116 e. The van der Waals surface area contributed by atoms with Crippen molar-refractivity contribution in [2.45, 2.75) is 13.1 Å². The number of rotatable bonds is 2. The number of nitrogens with two attached hydrogens (primary N) is 1. The molecule has 1 aliphatic rings. The van der Waals surface area contributed by atoms with Crippen molar-refractivity contribution in [3.8, 4) is 11.1 Å². The zero-order valence-corrected chi connectivity index (χ0v) is 11.6. The minimum Gasteiger partial charge on any atom is -0.398 e. The topological polar surface area (TPSA) is 65.3 Å². The summed E-state index contributed by atoms with van der Waals surface area (Å²) in [7, 11) is 1.95. The molecule has 104 valence electrons. The third kappa shape index (κ3) is 2.39. The fourth-order valence-electron chi connectivity index (χ4n) is 2.37. The molecule has 0 aromatic heterocycles. The van der Waals surface area contributed by atoms with E-state index in [0.717, 1.165) is 16.8 Å². The highest BCUT2D eigenvalue weighted by atomic mass is 15.9. The SMILES string of the molecule is Cc1ccc(-c2ccc(N)c(C3NNNN3C)c2)cc1. The first-order chi connectivity index (χ1) is 9.65. The Labute approximate surface area is 118 Å². The first kappa shape index (κ1) is 13.1. The summed E-state index contributed by atoms with van der Waals surface area (Å²) in [4.78, 5) is 0. The third-order valence-corrected chi connectivity index (χ3v) is 3.59. The molecule has 5 nitrogen and oxygen atoms in total. The van der Waals surface area contributed by atoms with Crippen LogP contribution in [0.1, 0.15) is 17.3 Å². The van der Waals surface area contributed by atoms with Gasteiger partial charge < -0.3 is 5.73 Å². The second-order valence-electron chi connectivity index (χ2n) is 5.10. The van der Waals surface area contributed by atoms with E-state index in [1.807, 2.05) is 18.1 Å². The quantitative estimate of drug-likeness (QED) is 0.625. The maximum atomic E-state index is 6.11. The van der Waals surface area contributed by atoms with E-state index in [2.05, 4.69) is 59.8 Å². The van der Waals surface area contributed by atoms with Crippen molar-refractivity contribution in [1.29, 1.82) is 0 Å². The van der Waals surface area contributed by atoms with Crippen LogP contribution in [0.25, 0.3) is 11.1 Å². The molecule has 5 heteroatoms. The molecule has 0 radical (unpaired) electrons. The van der Waals surface area contributed by atoms with Gasteiger partial charge in [0, 0.05) is 18.3 Å². The Morgan fingerprint density at radius 1 is 1.05 bits per heavy atom. The highest BCUT2D eigenvalue weighted by molar-refractivity contribution is 5.68. The Balaban J connectivity index is 2.00. The molecule has 3 rings (SSSR count). The van der Waals surface area contributed by atoms with Gasteiger partial charge in [-0.3, -0.25) is 0 Å². The van der Waals surface area contributed by atoms with Gasteiger partial charge in [-0.25, -0.2) is 10.4 Å². The highest BCUT2D eigenvalue weighted by Gasteiger charge is 2.23. The maximum absolute atomic E-state index is 6.11. The van der Waals surface area contributed by atoms with Gasteiger partial charge in [-0.1, -0.05) is 35.9 Å². The van der Waals surface area contributed by atoms with Crippen LogP contribution in [0.2, 0.25) is 0 Å². The van der Waals surface area contributed by atoms with Crippen LogP contribution < -0.4 is 22.2 Å². The molecular weight excluding hydrogens is 250 g/mol. The smallest absolute Gasteiger partial charge is 0.116 e. The summed E-state index contributed by atoms with van der Waals surface area (Å²) in [5.41, 5.74) is 20.5. The van der Waals surface area contributed by atoms with E-state index >= 15 is 0 Å². The number of nitrogens with one attached hydrogen (secondary N) is 3. The Morgan fingerprint density at radius 3 is 2.40 bits per heavy atom. The monoisotopic (exact) mass is 269 g/mol. The summed E-state index contributed by atoms with van der Waals surface area (Å²) in [5.74, 6) is 0. The summed E-state index contributed by atoms with van der Waals surface area (Å²) >= 11 is 0. The normalized spacial score (nSPS) is 19.4. The third-order valence-electron chi connectivity index (χ3n) is 3.59. The molecule has 0 amide bonds. The van der Waals surface area contributed by atoms with E-state index in [0.29, 0.717) is 0 Å². The van der Waals surface area contributed by atoms with Gasteiger partial charge in [-0.2, -0.15) is 11.1 Å². The Kier molecular flexibility index (Phi) is 3.42. The zero-order valence-electron chi connectivity index (χ0n) is 11.6. The lowest BCUT2D eigenvalue weighted by molar-refractivity contribution is 0.224. The molecular formula is C15H19N5. The fourth-order valence-corrected chi connectivity index (χ4v) is 2.37. The van der Waals surface area contributed by atoms with Gasteiger partial charge in [0.1, 0.15) is 6.17 Å². The standard InChI is InChI=1S/C15H19N5/c1-10-3-5-11(6-4-10)12-7-8-14(16)13(9-12)15-17-18-19-20(15)2/h3-9,15,17-19H,16H2,1-2H3. The van der Waals surface area contributed by atoms with E-state index in [-0.39, 0.29) is 6.17 Å². The van der Waals surface area contributed by atoms with Gasteiger partial charge in [-0.15, -0.1) is 0 Å². The van der Waals surface area contributed by atoms with E-state index in [1.165, 1.54) is 11.1 Å². The molecule has 0 aliphatic carbocycles. The van der Waals surface area contributed by atoms with E-state index in [9.17, 15) is 0 Å². The number of hydrazine groups is 3. The van der Waals surface area contributed by atoms with E-state index in [4.69, 9.17) is 5.73 Å². The van der Waals surface area contributed by atoms with Gasteiger partial charge in [0.05, 0.1) is 0 Å². The molecule has 1 fully saturated rings.